The van der Waals surface area contributed by atoms with E-state index in [-0.39, 0.29) is 57.8 Å². The molecule has 4 aromatic carbocycles. The molecule has 0 radical (unpaired) electrons. The van der Waals surface area contributed by atoms with Gasteiger partial charge in [-0.25, -0.2) is 0 Å². The molecule has 0 unspecified atom stereocenters. The number of ether oxygens (including phenoxy) is 2. The summed E-state index contributed by atoms with van der Waals surface area (Å²) in [4.78, 5) is 0. The lowest BCUT2D eigenvalue weighted by Crippen LogP contribution is -2.36. The van der Waals surface area contributed by atoms with Crippen LogP contribution in [0.25, 0.3) is 0 Å². The van der Waals surface area contributed by atoms with Crippen LogP contribution >= 0.6 is 0 Å². The fraction of sp³-hybridized carbons (Fsp3) is 0.200. The highest BCUT2D eigenvalue weighted by Crippen LogP contribution is 2.55. The van der Waals surface area contributed by atoms with Crippen LogP contribution in [0, 0.1) is 0 Å². The van der Waals surface area contributed by atoms with Gasteiger partial charge in [0.05, 0.1) is 6.10 Å². The zero-order valence-corrected chi connectivity index (χ0v) is 20.8. The molecule has 6 rings (SSSR count). The van der Waals surface area contributed by atoms with Crippen LogP contribution in [-0.2, 0) is 6.42 Å². The third-order valence-corrected chi connectivity index (χ3v) is 7.48. The molecule has 206 valence electrons. The second-order valence-corrected chi connectivity index (χ2v) is 10.0. The minimum Gasteiger partial charge on any atom is -0.508 e. The van der Waals surface area contributed by atoms with E-state index in [1.807, 2.05) is 0 Å². The van der Waals surface area contributed by atoms with Gasteiger partial charge in [0.1, 0.15) is 46.7 Å². The molecule has 8 N–H and O–H groups in total. The van der Waals surface area contributed by atoms with E-state index in [1.165, 1.54) is 42.5 Å². The topological polar surface area (TPSA) is 180 Å². The van der Waals surface area contributed by atoms with E-state index in [0.29, 0.717) is 16.7 Å². The number of phenolic OH excluding ortho intramolecular Hbond substituents is 6. The van der Waals surface area contributed by atoms with E-state index in [4.69, 9.17) is 9.47 Å². The molecule has 0 saturated heterocycles. The number of hydrogen-bond donors (Lipinski definition) is 8. The van der Waals surface area contributed by atoms with Gasteiger partial charge in [-0.2, -0.15) is 0 Å². The molecule has 0 bridgehead atoms. The van der Waals surface area contributed by atoms with Crippen molar-refractivity contribution in [1.29, 1.82) is 0 Å². The highest BCUT2D eigenvalue weighted by atomic mass is 16.5. The number of aliphatic hydroxyl groups excluding tert-OH is 2. The number of phenols is 6. The smallest absolute Gasteiger partial charge is 0.157 e. The minimum absolute atomic E-state index is 0.0205. The molecule has 2 aliphatic heterocycles. The standard InChI is InChI=1S/C30H26O10/c31-15-4-1-13(2-5-15)29-27(38)25(17-7-6-16(32)10-24(17)39-29)26-22(36)12-20(34)18-11-23(37)28(40-30(18)26)14-3-8-19(33)21(35)9-14/h1-10,12,23,25,27-29,31-38H,11H2/t23-,25+,27+,28-,29-/m1/s1. The lowest BCUT2D eigenvalue weighted by Gasteiger charge is -2.40. The second-order valence-electron chi connectivity index (χ2n) is 10.0. The number of aliphatic hydroxyl groups is 2. The van der Waals surface area contributed by atoms with Crippen molar-refractivity contribution in [3.8, 4) is 46.0 Å². The van der Waals surface area contributed by atoms with Crippen molar-refractivity contribution in [2.75, 3.05) is 0 Å². The normalized spacial score (nSPS) is 23.4. The fourth-order valence-corrected chi connectivity index (χ4v) is 5.55. The van der Waals surface area contributed by atoms with Gasteiger partial charge in [-0.15, -0.1) is 0 Å². The summed E-state index contributed by atoms with van der Waals surface area (Å²) in [6, 6.07) is 15.5. The predicted octanol–water partition coefficient (Wildman–Crippen LogP) is 3.58. The summed E-state index contributed by atoms with van der Waals surface area (Å²) in [6.07, 6.45) is -4.59. The van der Waals surface area contributed by atoms with Crippen LogP contribution in [-0.4, -0.2) is 53.1 Å². The Bertz CT molecular complexity index is 1600. The van der Waals surface area contributed by atoms with Crippen LogP contribution in [0.4, 0.5) is 0 Å². The van der Waals surface area contributed by atoms with Gasteiger partial charge in [0.15, 0.2) is 17.6 Å². The molecule has 0 fully saturated rings. The Labute approximate surface area is 227 Å². The molecule has 10 nitrogen and oxygen atoms in total. The summed E-state index contributed by atoms with van der Waals surface area (Å²) < 4.78 is 12.3. The van der Waals surface area contributed by atoms with Crippen molar-refractivity contribution in [3.05, 3.63) is 94.5 Å². The molecule has 10 heteroatoms. The summed E-state index contributed by atoms with van der Waals surface area (Å²) in [6.45, 7) is 0. The van der Waals surface area contributed by atoms with Crippen molar-refractivity contribution in [2.24, 2.45) is 0 Å². The molecule has 0 amide bonds. The van der Waals surface area contributed by atoms with Gasteiger partial charge in [-0.3, -0.25) is 0 Å². The van der Waals surface area contributed by atoms with Crippen LogP contribution in [0.5, 0.6) is 46.0 Å². The lowest BCUT2D eigenvalue weighted by molar-refractivity contribution is 0.00192. The highest BCUT2D eigenvalue weighted by molar-refractivity contribution is 5.63. The maximum atomic E-state index is 11.7. The molecule has 2 aliphatic rings. The van der Waals surface area contributed by atoms with Crippen LogP contribution in [0.3, 0.4) is 0 Å². The van der Waals surface area contributed by atoms with Crippen molar-refractivity contribution in [2.45, 2.75) is 36.8 Å². The van der Waals surface area contributed by atoms with E-state index in [2.05, 4.69) is 0 Å². The molecule has 40 heavy (non-hydrogen) atoms. The zero-order valence-electron chi connectivity index (χ0n) is 20.8. The van der Waals surface area contributed by atoms with Gasteiger partial charge in [0.25, 0.3) is 0 Å². The van der Waals surface area contributed by atoms with E-state index in [1.54, 1.807) is 18.2 Å². The average molecular weight is 547 g/mol. The zero-order chi connectivity index (χ0) is 28.3. The summed E-state index contributed by atoms with van der Waals surface area (Å²) in [5.74, 6) is -2.23. The Kier molecular flexibility index (Phi) is 6.01. The highest BCUT2D eigenvalue weighted by Gasteiger charge is 2.44. The molecular formula is C30H26O10. The maximum Gasteiger partial charge on any atom is 0.157 e. The Balaban J connectivity index is 1.52. The Morgan fingerprint density at radius 1 is 0.600 bits per heavy atom. The van der Waals surface area contributed by atoms with Crippen molar-refractivity contribution in [1.82, 2.24) is 0 Å². The average Bonchev–Trinajstić information content (AvgIpc) is 2.92. The third kappa shape index (κ3) is 4.14. The maximum absolute atomic E-state index is 11.7. The van der Waals surface area contributed by atoms with E-state index < -0.39 is 36.1 Å². The number of benzene rings is 4. The number of rotatable bonds is 3. The van der Waals surface area contributed by atoms with Gasteiger partial charge in [0, 0.05) is 41.2 Å². The molecule has 0 saturated carbocycles. The monoisotopic (exact) mass is 546 g/mol. The van der Waals surface area contributed by atoms with Crippen molar-refractivity contribution >= 4 is 0 Å². The summed E-state index contributed by atoms with van der Waals surface area (Å²) in [5, 5.41) is 84.2. The Morgan fingerprint density at radius 3 is 2.02 bits per heavy atom. The van der Waals surface area contributed by atoms with Gasteiger partial charge >= 0.3 is 0 Å². The first-order valence-electron chi connectivity index (χ1n) is 12.5. The largest absolute Gasteiger partial charge is 0.508 e. The quantitative estimate of drug-likeness (QED) is 0.177. The van der Waals surface area contributed by atoms with Gasteiger partial charge in [-0.1, -0.05) is 24.3 Å². The Morgan fingerprint density at radius 2 is 1.30 bits per heavy atom. The lowest BCUT2D eigenvalue weighted by atomic mass is 9.78. The Hall–Kier alpha value is -4.80. The molecule has 0 aliphatic carbocycles. The van der Waals surface area contributed by atoms with Crippen molar-refractivity contribution in [3.63, 3.8) is 0 Å². The van der Waals surface area contributed by atoms with Gasteiger partial charge in [0.2, 0.25) is 0 Å². The van der Waals surface area contributed by atoms with E-state index in [9.17, 15) is 40.9 Å². The number of fused-ring (bicyclic) bond motifs is 2. The van der Waals surface area contributed by atoms with Crippen LogP contribution in [0.1, 0.15) is 45.9 Å². The summed E-state index contributed by atoms with van der Waals surface area (Å²) in [5.41, 5.74) is 1.61. The van der Waals surface area contributed by atoms with Crippen LogP contribution < -0.4 is 9.47 Å². The molecule has 5 atom stereocenters. The molecule has 2 heterocycles. The van der Waals surface area contributed by atoms with E-state index >= 15 is 0 Å². The first kappa shape index (κ1) is 25.5. The molecular weight excluding hydrogens is 520 g/mol. The third-order valence-electron chi connectivity index (χ3n) is 7.48. The molecule has 4 aromatic rings. The second kappa shape index (κ2) is 9.44. The number of hydrogen-bond acceptors (Lipinski definition) is 10. The summed E-state index contributed by atoms with van der Waals surface area (Å²) in [7, 11) is 0. The van der Waals surface area contributed by atoms with Crippen LogP contribution in [0.2, 0.25) is 0 Å². The minimum atomic E-state index is -1.31. The summed E-state index contributed by atoms with van der Waals surface area (Å²) >= 11 is 0. The molecule has 0 aromatic heterocycles. The first-order chi connectivity index (χ1) is 19.1. The van der Waals surface area contributed by atoms with Crippen LogP contribution in [0.15, 0.2) is 66.7 Å². The fourth-order valence-electron chi connectivity index (χ4n) is 5.55. The number of aromatic hydroxyl groups is 6. The first-order valence-corrected chi connectivity index (χ1v) is 12.5. The van der Waals surface area contributed by atoms with E-state index in [0.717, 1.165) is 6.07 Å². The molecule has 0 spiro atoms. The SMILES string of the molecule is Oc1ccc([C@H]2Oc3cc(O)ccc3[C@@H](c3c(O)cc(O)c4c3O[C@H](c3ccc(O)c(O)c3)[C@H](O)C4)[C@@H]2O)cc1. The van der Waals surface area contributed by atoms with Crippen molar-refractivity contribution < 1.29 is 50.3 Å². The van der Waals surface area contributed by atoms with Gasteiger partial charge in [-0.05, 0) is 41.5 Å². The predicted molar refractivity (Wildman–Crippen MR) is 140 cm³/mol. The van der Waals surface area contributed by atoms with Gasteiger partial charge < -0.3 is 50.3 Å².